The molecule has 166 valence electrons. The predicted molar refractivity (Wildman–Crippen MR) is 121 cm³/mol. The van der Waals surface area contributed by atoms with Crippen molar-refractivity contribution in [2.24, 2.45) is 5.10 Å². The van der Waals surface area contributed by atoms with Gasteiger partial charge in [-0.3, -0.25) is 4.79 Å². The van der Waals surface area contributed by atoms with Crippen LogP contribution in [-0.2, 0) is 0 Å². The van der Waals surface area contributed by atoms with E-state index >= 15 is 0 Å². The van der Waals surface area contributed by atoms with E-state index in [0.717, 1.165) is 36.4 Å². The lowest BCUT2D eigenvalue weighted by molar-refractivity contribution is 0.0751. The van der Waals surface area contributed by atoms with Crippen molar-refractivity contribution in [3.63, 3.8) is 0 Å². The maximum atomic E-state index is 13.0. The van der Waals surface area contributed by atoms with Gasteiger partial charge in [-0.15, -0.1) is 0 Å². The first-order valence-electron chi connectivity index (χ1n) is 10.6. The number of nitrogens with zero attached hydrogens (tertiary/aromatic N) is 3. The smallest absolute Gasteiger partial charge is 0.273 e. The van der Waals surface area contributed by atoms with E-state index in [1.807, 2.05) is 51.4 Å². The average Bonchev–Trinajstić information content (AvgIpc) is 2.79. The first-order chi connectivity index (χ1) is 15.0. The number of methoxy groups -OCH3 is 1. The number of carbonyl (C=O) groups excluding carboxylic acids is 1. The molecule has 0 atom stereocenters. The van der Waals surface area contributed by atoms with Gasteiger partial charge in [0.25, 0.3) is 5.91 Å². The van der Waals surface area contributed by atoms with Gasteiger partial charge in [-0.05, 0) is 76.3 Å². The summed E-state index contributed by atoms with van der Waals surface area (Å²) in [4.78, 5) is 15.0. The van der Waals surface area contributed by atoms with Crippen LogP contribution < -0.4 is 14.2 Å². The molecular weight excluding hydrogens is 394 g/mol. The largest absolute Gasteiger partial charge is 0.493 e. The lowest BCUT2D eigenvalue weighted by Crippen LogP contribution is -2.32. The minimum Gasteiger partial charge on any atom is -0.493 e. The molecule has 2 aromatic carbocycles. The topological polar surface area (TPSA) is 63.6 Å². The number of hydrazone groups is 1. The predicted octanol–water partition coefficient (Wildman–Crippen LogP) is 3.67. The van der Waals surface area contributed by atoms with E-state index < -0.39 is 0 Å². The van der Waals surface area contributed by atoms with E-state index in [1.165, 1.54) is 0 Å². The Labute approximate surface area is 184 Å². The summed E-state index contributed by atoms with van der Waals surface area (Å²) < 4.78 is 16.7. The van der Waals surface area contributed by atoms with Gasteiger partial charge in [-0.25, -0.2) is 5.01 Å². The summed E-state index contributed by atoms with van der Waals surface area (Å²) >= 11 is 0. The highest BCUT2D eigenvalue weighted by atomic mass is 16.5. The third-order valence-electron chi connectivity index (χ3n) is 4.96. The van der Waals surface area contributed by atoms with E-state index in [-0.39, 0.29) is 5.91 Å². The first-order valence-corrected chi connectivity index (χ1v) is 10.6. The summed E-state index contributed by atoms with van der Waals surface area (Å²) in [6.07, 6.45) is 1.66. The van der Waals surface area contributed by atoms with Crippen LogP contribution in [0, 0.1) is 0 Å². The fourth-order valence-electron chi connectivity index (χ4n) is 3.30. The fraction of sp³-hybridized carbons (Fsp3) is 0.417. The molecule has 0 aromatic heterocycles. The molecule has 0 unspecified atom stereocenters. The van der Waals surface area contributed by atoms with Crippen molar-refractivity contribution in [1.82, 2.24) is 9.91 Å². The Morgan fingerprint density at radius 1 is 1.10 bits per heavy atom. The van der Waals surface area contributed by atoms with Crippen molar-refractivity contribution in [2.45, 2.75) is 19.8 Å². The van der Waals surface area contributed by atoms with Crippen LogP contribution in [0.4, 0.5) is 0 Å². The van der Waals surface area contributed by atoms with Gasteiger partial charge in [-0.1, -0.05) is 0 Å². The Hall–Kier alpha value is -3.06. The fourth-order valence-corrected chi connectivity index (χ4v) is 3.30. The molecule has 0 saturated carbocycles. The van der Waals surface area contributed by atoms with Crippen LogP contribution in [-0.4, -0.2) is 69.0 Å². The summed E-state index contributed by atoms with van der Waals surface area (Å²) in [5.41, 5.74) is 2.40. The molecule has 7 nitrogen and oxygen atoms in total. The monoisotopic (exact) mass is 425 g/mol. The molecule has 1 aliphatic heterocycles. The van der Waals surface area contributed by atoms with Gasteiger partial charge in [0.15, 0.2) is 11.5 Å². The van der Waals surface area contributed by atoms with Crippen molar-refractivity contribution in [3.05, 3.63) is 53.6 Å². The second-order valence-electron chi connectivity index (χ2n) is 7.55. The second-order valence-corrected chi connectivity index (χ2v) is 7.55. The molecule has 3 rings (SSSR count). The van der Waals surface area contributed by atoms with Crippen LogP contribution in [0.2, 0.25) is 0 Å². The number of ether oxygens (including phenoxy) is 3. The second kappa shape index (κ2) is 10.8. The molecule has 2 aromatic rings. The van der Waals surface area contributed by atoms with Crippen LogP contribution in [0.1, 0.15) is 35.7 Å². The molecule has 0 aliphatic carbocycles. The Morgan fingerprint density at radius 3 is 2.55 bits per heavy atom. The zero-order valence-corrected chi connectivity index (χ0v) is 18.8. The number of carbonyl (C=O) groups is 1. The maximum absolute atomic E-state index is 13.0. The zero-order chi connectivity index (χ0) is 22.2. The quantitative estimate of drug-likeness (QED) is 0.613. The van der Waals surface area contributed by atoms with Crippen molar-refractivity contribution >= 4 is 11.6 Å². The van der Waals surface area contributed by atoms with E-state index in [2.05, 4.69) is 10.0 Å². The van der Waals surface area contributed by atoms with Gasteiger partial charge in [0, 0.05) is 24.2 Å². The molecule has 0 radical (unpaired) electrons. The molecule has 1 aliphatic rings. The number of likely N-dealkylation sites (N-methyl/N-ethyl adjacent to an activating group) is 1. The molecule has 1 heterocycles. The van der Waals surface area contributed by atoms with Crippen LogP contribution in [0.5, 0.6) is 17.2 Å². The highest BCUT2D eigenvalue weighted by Gasteiger charge is 2.21. The summed E-state index contributed by atoms with van der Waals surface area (Å²) in [6.45, 7) is 4.51. The molecule has 0 bridgehead atoms. The van der Waals surface area contributed by atoms with E-state index in [9.17, 15) is 4.79 Å². The van der Waals surface area contributed by atoms with E-state index in [0.29, 0.717) is 36.8 Å². The molecule has 7 heteroatoms. The number of benzene rings is 2. The molecule has 31 heavy (non-hydrogen) atoms. The van der Waals surface area contributed by atoms with Gasteiger partial charge in [-0.2, -0.15) is 5.10 Å². The van der Waals surface area contributed by atoms with E-state index in [4.69, 9.17) is 14.2 Å². The first kappa shape index (κ1) is 22.6. The highest BCUT2D eigenvalue weighted by molar-refractivity contribution is 6.03. The van der Waals surface area contributed by atoms with Gasteiger partial charge in [0.2, 0.25) is 0 Å². The normalized spacial score (nSPS) is 13.7. The lowest BCUT2D eigenvalue weighted by atomic mass is 10.0. The number of amides is 1. The highest BCUT2D eigenvalue weighted by Crippen LogP contribution is 2.29. The summed E-state index contributed by atoms with van der Waals surface area (Å²) in [7, 11) is 5.62. The minimum absolute atomic E-state index is 0.115. The summed E-state index contributed by atoms with van der Waals surface area (Å²) in [5, 5.41) is 6.19. The number of hydrogen-bond acceptors (Lipinski definition) is 6. The van der Waals surface area contributed by atoms with Gasteiger partial charge < -0.3 is 19.1 Å². The van der Waals surface area contributed by atoms with E-state index in [1.54, 1.807) is 24.3 Å². The van der Waals surface area contributed by atoms with Crippen LogP contribution >= 0.6 is 0 Å². The molecule has 0 N–H and O–H groups in total. The van der Waals surface area contributed by atoms with Crippen molar-refractivity contribution in [3.8, 4) is 17.2 Å². The van der Waals surface area contributed by atoms with Gasteiger partial charge in [0.05, 0.1) is 19.4 Å². The van der Waals surface area contributed by atoms with Crippen molar-refractivity contribution < 1.29 is 19.0 Å². The Bertz CT molecular complexity index is 910. The maximum Gasteiger partial charge on any atom is 0.273 e. The number of hydrogen-bond donors (Lipinski definition) is 0. The summed E-state index contributed by atoms with van der Waals surface area (Å²) in [5.74, 6) is 2.00. The Morgan fingerprint density at radius 2 is 1.87 bits per heavy atom. The van der Waals surface area contributed by atoms with Crippen LogP contribution in [0.3, 0.4) is 0 Å². The average molecular weight is 426 g/mol. The van der Waals surface area contributed by atoms with Crippen molar-refractivity contribution in [2.75, 3.05) is 47.5 Å². The van der Waals surface area contributed by atoms with Crippen LogP contribution in [0.25, 0.3) is 0 Å². The lowest BCUT2D eigenvalue weighted by Gasteiger charge is -2.24. The van der Waals surface area contributed by atoms with Crippen LogP contribution in [0.15, 0.2) is 47.6 Å². The molecule has 0 fully saturated rings. The van der Waals surface area contributed by atoms with Gasteiger partial charge in [0.1, 0.15) is 12.4 Å². The zero-order valence-electron chi connectivity index (χ0n) is 18.8. The SMILES string of the molecule is CCOc1cc(C2=NN(C(=O)c3ccc(OCCN(C)C)cc3)CCC2)ccc1OC. The third kappa shape index (κ3) is 5.98. The Balaban J connectivity index is 1.72. The third-order valence-corrected chi connectivity index (χ3v) is 4.96. The van der Waals surface area contributed by atoms with Crippen molar-refractivity contribution in [1.29, 1.82) is 0 Å². The van der Waals surface area contributed by atoms with Gasteiger partial charge >= 0.3 is 0 Å². The molecular formula is C24H31N3O4. The molecule has 0 saturated heterocycles. The molecule has 1 amide bonds. The standard InChI is InChI=1S/C24H31N3O4/c1-5-30-23-17-19(10-13-22(23)29-4)21-7-6-14-27(25-21)24(28)18-8-11-20(12-9-18)31-16-15-26(2)3/h8-13,17H,5-7,14-16H2,1-4H3. The Kier molecular flexibility index (Phi) is 7.89. The summed E-state index contributed by atoms with van der Waals surface area (Å²) in [6, 6.07) is 13.0. The molecule has 0 spiro atoms. The number of rotatable bonds is 9. The minimum atomic E-state index is -0.115.